The molecule has 9 nitrogen and oxygen atoms in total. The maximum Gasteiger partial charge on any atom is 0.490 e. The van der Waals surface area contributed by atoms with Crippen LogP contribution in [-0.4, -0.2) is 64.6 Å². The van der Waals surface area contributed by atoms with Crippen LogP contribution in [0.1, 0.15) is 23.8 Å². The van der Waals surface area contributed by atoms with Crippen molar-refractivity contribution in [3.05, 3.63) is 58.4 Å². The van der Waals surface area contributed by atoms with Crippen molar-refractivity contribution in [2.24, 2.45) is 11.7 Å². The Labute approximate surface area is 227 Å². The Hall–Kier alpha value is -3.55. The molecule has 1 aliphatic rings. The van der Waals surface area contributed by atoms with Crippen molar-refractivity contribution in [2.75, 3.05) is 18.9 Å². The molecule has 4 rings (SSSR count). The van der Waals surface area contributed by atoms with Crippen LogP contribution in [0.5, 0.6) is 0 Å². The second-order valence-corrected chi connectivity index (χ2v) is 10.3. The van der Waals surface area contributed by atoms with E-state index < -0.39 is 24.1 Å². The van der Waals surface area contributed by atoms with Gasteiger partial charge in [0, 0.05) is 36.6 Å². The summed E-state index contributed by atoms with van der Waals surface area (Å²) in [6.07, 6.45) is -1.63. The number of pyridine rings is 1. The molecular weight excluding hydrogens is 535 g/mol. The minimum Gasteiger partial charge on any atom is -0.475 e. The Morgan fingerprint density at radius 1 is 1.26 bits per heavy atom. The number of likely N-dealkylation sites (tertiary alicyclic amines) is 1. The molecule has 1 aromatic carbocycles. The van der Waals surface area contributed by atoms with Crippen LogP contribution in [0.15, 0.2) is 48.0 Å². The van der Waals surface area contributed by atoms with E-state index in [2.05, 4.69) is 56.2 Å². The third kappa shape index (κ3) is 8.22. The molecule has 0 radical (unpaired) electrons. The van der Waals surface area contributed by atoms with E-state index in [0.29, 0.717) is 12.5 Å². The number of alkyl halides is 3. The number of hydrogen-bond acceptors (Lipinski definition) is 8. The summed E-state index contributed by atoms with van der Waals surface area (Å²) in [5.41, 5.74) is 6.77. The number of thiophene rings is 1. The Balaban J connectivity index is 0.000000532. The maximum absolute atomic E-state index is 13.0. The van der Waals surface area contributed by atoms with E-state index in [-0.39, 0.29) is 11.9 Å². The van der Waals surface area contributed by atoms with E-state index in [1.54, 1.807) is 24.5 Å². The maximum atomic E-state index is 13.0. The van der Waals surface area contributed by atoms with Gasteiger partial charge < -0.3 is 16.2 Å². The van der Waals surface area contributed by atoms with Gasteiger partial charge in [0.1, 0.15) is 5.82 Å². The van der Waals surface area contributed by atoms with E-state index in [1.165, 1.54) is 4.88 Å². The normalized spacial score (nSPS) is 18.2. The molecule has 0 spiro atoms. The third-order valence-electron chi connectivity index (χ3n) is 6.22. The van der Waals surface area contributed by atoms with Crippen LogP contribution in [0, 0.1) is 5.92 Å². The Bertz CT molecular complexity index is 1300. The number of rotatable bonds is 7. The number of carboxylic acids is 1. The number of amides is 2. The lowest BCUT2D eigenvalue weighted by Gasteiger charge is -2.24. The largest absolute Gasteiger partial charge is 0.490 e. The summed E-state index contributed by atoms with van der Waals surface area (Å²) in [6, 6.07) is 11.4. The van der Waals surface area contributed by atoms with Crippen LogP contribution in [0.3, 0.4) is 0 Å². The highest BCUT2D eigenvalue weighted by Crippen LogP contribution is 2.30. The number of aliphatic carboxylic acids is 1. The molecule has 5 N–H and O–H groups in total. The van der Waals surface area contributed by atoms with Gasteiger partial charge in [-0.15, -0.1) is 11.3 Å². The highest BCUT2D eigenvalue weighted by atomic mass is 32.1. The van der Waals surface area contributed by atoms with Crippen LogP contribution in [0.25, 0.3) is 10.8 Å². The second kappa shape index (κ2) is 13.0. The first kappa shape index (κ1) is 30.0. The van der Waals surface area contributed by atoms with Gasteiger partial charge in [-0.25, -0.2) is 9.78 Å². The number of hydrogen-bond donors (Lipinski definition) is 4. The molecule has 2 amide bonds. The molecule has 1 fully saturated rings. The molecule has 13 heteroatoms. The molecule has 3 heterocycles. The number of aromatic nitrogens is 1. The molecule has 3 atom stereocenters. The average molecular weight is 566 g/mol. The smallest absolute Gasteiger partial charge is 0.475 e. The van der Waals surface area contributed by atoms with Crippen LogP contribution >= 0.6 is 11.3 Å². The van der Waals surface area contributed by atoms with Gasteiger partial charge in [-0.1, -0.05) is 18.2 Å². The zero-order valence-electron chi connectivity index (χ0n) is 21.4. The number of benzene rings is 1. The SMILES string of the molecule is CNc1nccc2cc(CN3CC(Cc4cccs4)C[C@H]3C(=O)NC(=O)[C@H](C)N)ccc12.O=C(O)C(F)(F)F. The molecule has 0 bridgehead atoms. The molecule has 0 saturated carbocycles. The summed E-state index contributed by atoms with van der Waals surface area (Å²) in [7, 11) is 1.86. The molecule has 39 heavy (non-hydrogen) atoms. The number of carboxylic acid groups (broad SMARTS) is 1. The zero-order valence-corrected chi connectivity index (χ0v) is 22.2. The number of halogens is 3. The fourth-order valence-corrected chi connectivity index (χ4v) is 5.21. The van der Waals surface area contributed by atoms with Gasteiger partial charge in [-0.2, -0.15) is 13.2 Å². The number of nitrogens with two attached hydrogens (primary N) is 1. The first-order chi connectivity index (χ1) is 18.4. The Morgan fingerprint density at radius 3 is 2.56 bits per heavy atom. The van der Waals surface area contributed by atoms with E-state index in [0.717, 1.165) is 41.5 Å². The third-order valence-corrected chi connectivity index (χ3v) is 7.12. The highest BCUT2D eigenvalue weighted by Gasteiger charge is 2.38. The minimum absolute atomic E-state index is 0.261. The highest BCUT2D eigenvalue weighted by molar-refractivity contribution is 7.09. The number of imide groups is 1. The van der Waals surface area contributed by atoms with Crippen molar-refractivity contribution >= 4 is 45.7 Å². The molecule has 210 valence electrons. The summed E-state index contributed by atoms with van der Waals surface area (Å²) in [5, 5.41) is 17.0. The summed E-state index contributed by atoms with van der Waals surface area (Å²) in [6.45, 7) is 3.02. The second-order valence-electron chi connectivity index (χ2n) is 9.24. The standard InChI is InChI=1S/C24H29N5O2S.C2HF3O2/c1-15(25)23(30)28-24(31)21-12-17(11-19-4-3-9-32-19)14-29(21)13-16-5-6-20-18(10-16)7-8-27-22(20)26-2;3-2(4,5)1(6)7/h3-10,15,17,21H,11-14,25H2,1-2H3,(H,26,27)(H,28,30,31);(H,6,7)/t15-,17?,21-;/m0./s1. The van der Waals surface area contributed by atoms with Crippen LogP contribution < -0.4 is 16.4 Å². The van der Waals surface area contributed by atoms with Gasteiger partial charge in [0.05, 0.1) is 12.1 Å². The van der Waals surface area contributed by atoms with E-state index >= 15 is 0 Å². The molecule has 0 aliphatic carbocycles. The van der Waals surface area contributed by atoms with E-state index in [4.69, 9.17) is 15.6 Å². The summed E-state index contributed by atoms with van der Waals surface area (Å²) >= 11 is 1.74. The van der Waals surface area contributed by atoms with Crippen molar-refractivity contribution in [3.63, 3.8) is 0 Å². The molecule has 1 saturated heterocycles. The Morgan fingerprint density at radius 2 is 1.97 bits per heavy atom. The van der Waals surface area contributed by atoms with E-state index in [1.807, 2.05) is 13.1 Å². The van der Waals surface area contributed by atoms with Gasteiger partial charge >= 0.3 is 12.1 Å². The van der Waals surface area contributed by atoms with Crippen LogP contribution in [-0.2, 0) is 27.3 Å². The van der Waals surface area contributed by atoms with Crippen LogP contribution in [0.2, 0.25) is 0 Å². The molecule has 3 aromatic rings. The zero-order chi connectivity index (χ0) is 28.7. The van der Waals surface area contributed by atoms with Crippen molar-refractivity contribution in [2.45, 2.75) is 44.6 Å². The fourth-order valence-electron chi connectivity index (χ4n) is 4.38. The fraction of sp³-hybridized carbons (Fsp3) is 0.385. The van der Waals surface area contributed by atoms with Gasteiger partial charge in [0.2, 0.25) is 11.8 Å². The molecular formula is C26H30F3N5O4S. The number of nitrogens with one attached hydrogen (secondary N) is 2. The van der Waals surface area contributed by atoms with Crippen molar-refractivity contribution in [1.29, 1.82) is 0 Å². The number of fused-ring (bicyclic) bond motifs is 1. The lowest BCUT2D eigenvalue weighted by molar-refractivity contribution is -0.192. The first-order valence-electron chi connectivity index (χ1n) is 12.1. The first-order valence-corrected chi connectivity index (χ1v) is 13.0. The van der Waals surface area contributed by atoms with Gasteiger partial charge in [0.25, 0.3) is 0 Å². The number of nitrogens with zero attached hydrogens (tertiary/aromatic N) is 2. The summed E-state index contributed by atoms with van der Waals surface area (Å²) in [5.74, 6) is -2.25. The quantitative estimate of drug-likeness (QED) is 0.342. The summed E-state index contributed by atoms with van der Waals surface area (Å²) < 4.78 is 31.7. The molecule has 1 aliphatic heterocycles. The lowest BCUT2D eigenvalue weighted by atomic mass is 10.0. The minimum atomic E-state index is -5.08. The summed E-state index contributed by atoms with van der Waals surface area (Å²) in [4.78, 5) is 41.8. The Kier molecular flexibility index (Phi) is 10.0. The monoisotopic (exact) mass is 565 g/mol. The predicted molar refractivity (Wildman–Crippen MR) is 142 cm³/mol. The number of carbonyl (C=O) groups is 3. The lowest BCUT2D eigenvalue weighted by Crippen LogP contribution is -2.49. The van der Waals surface area contributed by atoms with Crippen molar-refractivity contribution < 1.29 is 32.7 Å². The van der Waals surface area contributed by atoms with Crippen molar-refractivity contribution in [1.82, 2.24) is 15.2 Å². The van der Waals surface area contributed by atoms with Crippen molar-refractivity contribution in [3.8, 4) is 0 Å². The predicted octanol–water partition coefficient (Wildman–Crippen LogP) is 3.39. The van der Waals surface area contributed by atoms with Gasteiger partial charge in [-0.3, -0.25) is 19.8 Å². The van der Waals surface area contributed by atoms with Gasteiger partial charge in [-0.05, 0) is 60.2 Å². The van der Waals surface area contributed by atoms with Gasteiger partial charge in [0.15, 0.2) is 0 Å². The topological polar surface area (TPSA) is 138 Å². The number of carbonyl (C=O) groups excluding carboxylic acids is 2. The van der Waals surface area contributed by atoms with Crippen LogP contribution in [0.4, 0.5) is 19.0 Å². The number of anilines is 1. The molecule has 1 unspecified atom stereocenters. The average Bonchev–Trinajstić information content (AvgIpc) is 3.53. The van der Waals surface area contributed by atoms with E-state index in [9.17, 15) is 22.8 Å². The molecule has 2 aromatic heterocycles.